The summed E-state index contributed by atoms with van der Waals surface area (Å²) in [5, 5.41) is 35.9. The van der Waals surface area contributed by atoms with Crippen molar-refractivity contribution in [2.45, 2.75) is 38.1 Å². The monoisotopic (exact) mass is 250 g/mol. The molecule has 0 bridgehead atoms. The Morgan fingerprint density at radius 1 is 1.24 bits per heavy atom. The van der Waals surface area contributed by atoms with Gasteiger partial charge in [-0.2, -0.15) is 0 Å². The Balaban J connectivity index is 4.24. The van der Waals surface area contributed by atoms with Crippen LogP contribution in [0.3, 0.4) is 0 Å². The van der Waals surface area contributed by atoms with Gasteiger partial charge in [0.25, 0.3) is 5.78 Å². The van der Waals surface area contributed by atoms with Crippen molar-refractivity contribution >= 4 is 11.8 Å². The Hall–Kier alpha value is -1.02. The first-order valence-corrected chi connectivity index (χ1v) is 5.31. The smallest absolute Gasteiger partial charge is 0.377 e. The molecule has 4 N–H and O–H groups in total. The second kappa shape index (κ2) is 8.13. The number of rotatable bonds is 8. The zero-order valence-corrected chi connectivity index (χ0v) is 9.57. The van der Waals surface area contributed by atoms with E-state index in [-0.39, 0.29) is 6.61 Å². The Morgan fingerprint density at radius 3 is 2.29 bits per heavy atom. The number of esters is 1. The summed E-state index contributed by atoms with van der Waals surface area (Å²) in [6.45, 7) is 1.08. The molecule has 0 aliphatic rings. The van der Waals surface area contributed by atoms with E-state index in [1.165, 1.54) is 0 Å². The van der Waals surface area contributed by atoms with Crippen LogP contribution >= 0.6 is 0 Å². The first kappa shape index (κ1) is 16.0. The number of ether oxygens (including phenoxy) is 1. The van der Waals surface area contributed by atoms with Crippen molar-refractivity contribution < 1.29 is 34.8 Å². The van der Waals surface area contributed by atoms with Gasteiger partial charge in [-0.25, -0.2) is 4.79 Å². The maximum atomic E-state index is 11.2. The van der Waals surface area contributed by atoms with E-state index in [1.807, 2.05) is 6.92 Å². The Bertz CT molecular complexity index is 253. The normalized spacial score (nSPS) is 16.1. The third-order valence-electron chi connectivity index (χ3n) is 2.11. The summed E-state index contributed by atoms with van der Waals surface area (Å²) in [5.41, 5.74) is 0. The number of unbranched alkanes of at least 4 members (excludes halogenated alkanes) is 1. The van der Waals surface area contributed by atoms with Gasteiger partial charge in [-0.05, 0) is 6.42 Å². The van der Waals surface area contributed by atoms with Gasteiger partial charge in [0, 0.05) is 0 Å². The fourth-order valence-corrected chi connectivity index (χ4v) is 0.975. The minimum Gasteiger partial charge on any atom is -0.460 e. The molecule has 0 amide bonds. The molecule has 0 heterocycles. The molecule has 0 aromatic heterocycles. The molecule has 0 saturated heterocycles. The standard InChI is InChI=1S/C10H18O7/c1-2-3-4-17-10(16)9(15)8(14)7(13)6(12)5-11/h6-8,11-14H,2-5H2,1H3/t6-,7+,8-/m0/s1. The highest BCUT2D eigenvalue weighted by molar-refractivity contribution is 6.35. The molecule has 0 saturated carbocycles. The van der Waals surface area contributed by atoms with E-state index >= 15 is 0 Å². The molecule has 17 heavy (non-hydrogen) atoms. The van der Waals surface area contributed by atoms with Crippen LogP contribution in [0.1, 0.15) is 19.8 Å². The fourth-order valence-electron chi connectivity index (χ4n) is 0.975. The van der Waals surface area contributed by atoms with E-state index in [1.54, 1.807) is 0 Å². The van der Waals surface area contributed by atoms with Gasteiger partial charge in [0.15, 0.2) is 6.10 Å². The molecule has 0 aliphatic carbocycles. The number of hydrogen-bond acceptors (Lipinski definition) is 7. The molecule has 100 valence electrons. The Labute approximate surface area is 98.6 Å². The molecular weight excluding hydrogens is 232 g/mol. The molecule has 0 aromatic rings. The van der Waals surface area contributed by atoms with Crippen LogP contribution < -0.4 is 0 Å². The average Bonchev–Trinajstić information content (AvgIpc) is 2.35. The van der Waals surface area contributed by atoms with Crippen molar-refractivity contribution in [1.29, 1.82) is 0 Å². The molecule has 0 unspecified atom stereocenters. The number of hydrogen-bond donors (Lipinski definition) is 4. The van der Waals surface area contributed by atoms with E-state index in [4.69, 9.17) is 10.2 Å². The van der Waals surface area contributed by atoms with Crippen molar-refractivity contribution in [2.75, 3.05) is 13.2 Å². The quantitative estimate of drug-likeness (QED) is 0.222. The Morgan fingerprint density at radius 2 is 1.82 bits per heavy atom. The first-order valence-electron chi connectivity index (χ1n) is 5.31. The maximum Gasteiger partial charge on any atom is 0.377 e. The third-order valence-corrected chi connectivity index (χ3v) is 2.11. The molecule has 7 nitrogen and oxygen atoms in total. The molecule has 0 aromatic carbocycles. The minimum atomic E-state index is -2.11. The van der Waals surface area contributed by atoms with Crippen LogP contribution in [0.2, 0.25) is 0 Å². The minimum absolute atomic E-state index is 0.0481. The van der Waals surface area contributed by atoms with Gasteiger partial charge < -0.3 is 25.2 Å². The average molecular weight is 250 g/mol. The molecule has 3 atom stereocenters. The van der Waals surface area contributed by atoms with Crippen LogP contribution in [0.15, 0.2) is 0 Å². The van der Waals surface area contributed by atoms with Crippen molar-refractivity contribution in [1.82, 2.24) is 0 Å². The van der Waals surface area contributed by atoms with Crippen LogP contribution in [0.4, 0.5) is 0 Å². The zero-order valence-electron chi connectivity index (χ0n) is 9.57. The largest absolute Gasteiger partial charge is 0.460 e. The van der Waals surface area contributed by atoms with Gasteiger partial charge >= 0.3 is 5.97 Å². The van der Waals surface area contributed by atoms with E-state index in [2.05, 4.69) is 4.74 Å². The van der Waals surface area contributed by atoms with Gasteiger partial charge in [-0.3, -0.25) is 4.79 Å². The molecule has 0 rings (SSSR count). The first-order chi connectivity index (χ1) is 7.95. The SMILES string of the molecule is CCCCOC(=O)C(=O)[C@@H](O)[C@H](O)[C@@H](O)CO. The maximum absolute atomic E-state index is 11.2. The topological polar surface area (TPSA) is 124 Å². The summed E-state index contributed by atoms with van der Waals surface area (Å²) >= 11 is 0. The summed E-state index contributed by atoms with van der Waals surface area (Å²) in [7, 11) is 0. The predicted molar refractivity (Wildman–Crippen MR) is 56.0 cm³/mol. The van der Waals surface area contributed by atoms with E-state index in [0.717, 1.165) is 6.42 Å². The van der Waals surface area contributed by atoms with Crippen LogP contribution in [-0.2, 0) is 14.3 Å². The zero-order chi connectivity index (χ0) is 13.4. The highest BCUT2D eigenvalue weighted by Crippen LogP contribution is 2.03. The van der Waals surface area contributed by atoms with Gasteiger partial charge in [0.2, 0.25) is 0 Å². The van der Waals surface area contributed by atoms with Crippen LogP contribution in [0.5, 0.6) is 0 Å². The van der Waals surface area contributed by atoms with Gasteiger partial charge in [0.05, 0.1) is 13.2 Å². The molecular formula is C10H18O7. The molecule has 0 aliphatic heterocycles. The van der Waals surface area contributed by atoms with Crippen molar-refractivity contribution in [3.63, 3.8) is 0 Å². The number of carbonyl (C=O) groups is 2. The summed E-state index contributed by atoms with van der Waals surface area (Å²) < 4.78 is 4.53. The highest BCUT2D eigenvalue weighted by atomic mass is 16.5. The van der Waals surface area contributed by atoms with E-state index in [9.17, 15) is 19.8 Å². The van der Waals surface area contributed by atoms with Crippen molar-refractivity contribution in [3.8, 4) is 0 Å². The lowest BCUT2D eigenvalue weighted by Gasteiger charge is -2.19. The molecule has 0 spiro atoms. The third kappa shape index (κ3) is 5.22. The number of aliphatic hydroxyl groups is 4. The summed E-state index contributed by atoms with van der Waals surface area (Å²) in [6.07, 6.45) is -4.37. The molecule has 0 radical (unpaired) electrons. The number of carbonyl (C=O) groups excluding carboxylic acids is 2. The second-order valence-electron chi connectivity index (χ2n) is 3.54. The number of Topliss-reactive ketones (excluding diaryl/α,β-unsaturated/α-hetero) is 1. The van der Waals surface area contributed by atoms with Crippen molar-refractivity contribution in [2.24, 2.45) is 0 Å². The lowest BCUT2D eigenvalue weighted by atomic mass is 10.1. The van der Waals surface area contributed by atoms with Gasteiger partial charge in [0.1, 0.15) is 12.2 Å². The number of aliphatic hydroxyl groups excluding tert-OH is 4. The second-order valence-corrected chi connectivity index (χ2v) is 3.54. The van der Waals surface area contributed by atoms with Crippen molar-refractivity contribution in [3.05, 3.63) is 0 Å². The lowest BCUT2D eigenvalue weighted by molar-refractivity contribution is -0.163. The van der Waals surface area contributed by atoms with Gasteiger partial charge in [-0.15, -0.1) is 0 Å². The van der Waals surface area contributed by atoms with E-state index < -0.39 is 36.7 Å². The predicted octanol–water partition coefficient (Wildman–Crippen LogP) is -2.03. The van der Waals surface area contributed by atoms with Crippen LogP contribution in [0, 0.1) is 0 Å². The van der Waals surface area contributed by atoms with Crippen LogP contribution in [0.25, 0.3) is 0 Å². The van der Waals surface area contributed by atoms with Crippen LogP contribution in [-0.4, -0.2) is 63.7 Å². The number of ketones is 1. The lowest BCUT2D eigenvalue weighted by Crippen LogP contribution is -2.46. The molecule has 0 fully saturated rings. The summed E-state index contributed by atoms with van der Waals surface area (Å²) in [4.78, 5) is 22.3. The van der Waals surface area contributed by atoms with Gasteiger partial charge in [-0.1, -0.05) is 13.3 Å². The fraction of sp³-hybridized carbons (Fsp3) is 0.800. The Kier molecular flexibility index (Phi) is 7.64. The summed E-state index contributed by atoms with van der Waals surface area (Å²) in [5.74, 6) is -2.61. The summed E-state index contributed by atoms with van der Waals surface area (Å²) in [6, 6.07) is 0. The van der Waals surface area contributed by atoms with E-state index in [0.29, 0.717) is 6.42 Å². The molecule has 7 heteroatoms. The highest BCUT2D eigenvalue weighted by Gasteiger charge is 2.34.